The second kappa shape index (κ2) is 8.36. The van der Waals surface area contributed by atoms with Crippen molar-refractivity contribution in [3.05, 3.63) is 47.9 Å². The molecule has 4 rings (SSSR count). The third-order valence-corrected chi connectivity index (χ3v) is 5.21. The fraction of sp³-hybridized carbons (Fsp3) is 0.350. The van der Waals surface area contributed by atoms with Crippen LogP contribution in [0.3, 0.4) is 0 Å². The van der Waals surface area contributed by atoms with E-state index < -0.39 is 36.7 Å². The van der Waals surface area contributed by atoms with E-state index in [1.54, 1.807) is 31.4 Å². The molecule has 1 atom stereocenters. The summed E-state index contributed by atoms with van der Waals surface area (Å²) in [6.45, 7) is -0.747. The lowest BCUT2D eigenvalue weighted by Crippen LogP contribution is -2.39. The summed E-state index contributed by atoms with van der Waals surface area (Å²) < 4.78 is 34.9. The van der Waals surface area contributed by atoms with Gasteiger partial charge in [0.15, 0.2) is 5.69 Å². The number of alkyl halides is 2. The topological polar surface area (TPSA) is 118 Å². The number of methoxy groups -OCH3 is 1. The molecule has 2 amide bonds. The number of nitrogens with zero attached hydrogens (tertiary/aromatic N) is 5. The molecule has 1 aromatic carbocycles. The maximum atomic E-state index is 14.2. The van der Waals surface area contributed by atoms with Crippen LogP contribution in [0.4, 0.5) is 8.78 Å². The summed E-state index contributed by atoms with van der Waals surface area (Å²) in [5, 5.41) is 16.7. The number of amides is 2. The number of halogens is 2. The van der Waals surface area contributed by atoms with Crippen molar-refractivity contribution < 1.29 is 23.1 Å². The summed E-state index contributed by atoms with van der Waals surface area (Å²) in [5.41, 5.74) is 1.36. The highest BCUT2D eigenvalue weighted by molar-refractivity contribution is 5.94. The van der Waals surface area contributed by atoms with Crippen molar-refractivity contribution >= 4 is 11.8 Å². The van der Waals surface area contributed by atoms with E-state index in [2.05, 4.69) is 25.8 Å². The summed E-state index contributed by atoms with van der Waals surface area (Å²) in [4.78, 5) is 25.8. The second-order valence-corrected chi connectivity index (χ2v) is 7.45. The van der Waals surface area contributed by atoms with Gasteiger partial charge in [-0.15, -0.1) is 5.10 Å². The average Bonchev–Trinajstić information content (AvgIpc) is 3.52. The number of hydrogen-bond acceptors (Lipinski definition) is 6. The van der Waals surface area contributed by atoms with Crippen molar-refractivity contribution in [1.82, 2.24) is 35.4 Å². The molecule has 10 nitrogen and oxygen atoms in total. The van der Waals surface area contributed by atoms with Crippen LogP contribution < -0.4 is 10.1 Å². The van der Waals surface area contributed by atoms with Crippen molar-refractivity contribution in [2.24, 2.45) is 0 Å². The van der Waals surface area contributed by atoms with Gasteiger partial charge in [-0.3, -0.25) is 14.7 Å². The van der Waals surface area contributed by atoms with Crippen LogP contribution in [0.5, 0.6) is 5.75 Å². The molecule has 1 aliphatic rings. The lowest BCUT2D eigenvalue weighted by Gasteiger charge is -2.22. The summed E-state index contributed by atoms with van der Waals surface area (Å²) in [6, 6.07) is 7.80. The number of nitrogens with one attached hydrogen (secondary N) is 2. The average molecular weight is 445 g/mol. The third kappa shape index (κ3) is 4.29. The van der Waals surface area contributed by atoms with Gasteiger partial charge < -0.3 is 15.0 Å². The Kier molecular flexibility index (Phi) is 5.59. The van der Waals surface area contributed by atoms with Crippen molar-refractivity contribution in [3.8, 4) is 17.0 Å². The molecule has 12 heteroatoms. The van der Waals surface area contributed by atoms with Crippen LogP contribution in [0.25, 0.3) is 11.3 Å². The molecule has 1 fully saturated rings. The minimum absolute atomic E-state index is 0.0256. The molecular formula is C20H21F2N7O3. The first kappa shape index (κ1) is 21.4. The summed E-state index contributed by atoms with van der Waals surface area (Å²) in [6.07, 6.45) is 0.833. The number of H-pyrrole nitrogens is 1. The van der Waals surface area contributed by atoms with Gasteiger partial charge in [0.2, 0.25) is 0 Å². The number of aromatic nitrogens is 5. The molecule has 3 heterocycles. The molecule has 168 valence electrons. The van der Waals surface area contributed by atoms with E-state index in [-0.39, 0.29) is 17.9 Å². The largest absolute Gasteiger partial charge is 0.497 e. The fourth-order valence-electron chi connectivity index (χ4n) is 3.65. The molecular weight excluding hydrogens is 424 g/mol. The first-order chi connectivity index (χ1) is 15.3. The predicted molar refractivity (Wildman–Crippen MR) is 108 cm³/mol. The van der Waals surface area contributed by atoms with Crippen LogP contribution in [-0.2, 0) is 6.54 Å². The number of hydrogen-bond donors (Lipinski definition) is 2. The predicted octanol–water partition coefficient (Wildman–Crippen LogP) is 1.59. The van der Waals surface area contributed by atoms with Crippen LogP contribution in [0.1, 0.15) is 27.4 Å². The molecule has 0 unspecified atom stereocenters. The van der Waals surface area contributed by atoms with Crippen LogP contribution in [0, 0.1) is 0 Å². The van der Waals surface area contributed by atoms with Gasteiger partial charge >= 0.3 is 0 Å². The van der Waals surface area contributed by atoms with Crippen molar-refractivity contribution in [2.75, 3.05) is 20.7 Å². The van der Waals surface area contributed by atoms with E-state index in [1.165, 1.54) is 24.0 Å². The van der Waals surface area contributed by atoms with Crippen molar-refractivity contribution in [3.63, 3.8) is 0 Å². The Hall–Kier alpha value is -3.83. The van der Waals surface area contributed by atoms with Gasteiger partial charge in [-0.05, 0) is 18.2 Å². The van der Waals surface area contributed by atoms with Gasteiger partial charge in [0.25, 0.3) is 17.7 Å². The molecule has 1 saturated heterocycles. The molecule has 2 aromatic heterocycles. The first-order valence-electron chi connectivity index (χ1n) is 9.80. The van der Waals surface area contributed by atoms with Gasteiger partial charge in [0, 0.05) is 19.0 Å². The van der Waals surface area contributed by atoms with E-state index in [0.717, 1.165) is 4.90 Å². The highest BCUT2D eigenvalue weighted by Gasteiger charge is 2.47. The number of carbonyl (C=O) groups is 2. The Labute approximate surface area is 181 Å². The van der Waals surface area contributed by atoms with Crippen LogP contribution >= 0.6 is 0 Å². The Bertz CT molecular complexity index is 1140. The monoisotopic (exact) mass is 445 g/mol. The van der Waals surface area contributed by atoms with Crippen molar-refractivity contribution in [1.29, 1.82) is 0 Å². The minimum atomic E-state index is -3.04. The second-order valence-electron chi connectivity index (χ2n) is 7.45. The maximum Gasteiger partial charge on any atom is 0.273 e. The summed E-state index contributed by atoms with van der Waals surface area (Å²) in [5.74, 6) is -3.45. The van der Waals surface area contributed by atoms with E-state index in [1.807, 2.05) is 0 Å². The van der Waals surface area contributed by atoms with Crippen LogP contribution in [0.15, 0.2) is 36.5 Å². The first-order valence-corrected chi connectivity index (χ1v) is 9.80. The number of likely N-dealkylation sites (tertiary alicyclic amines) is 1. The van der Waals surface area contributed by atoms with Gasteiger partial charge in [-0.2, -0.15) is 5.10 Å². The highest BCUT2D eigenvalue weighted by atomic mass is 19.3. The molecule has 32 heavy (non-hydrogen) atoms. The molecule has 0 saturated carbocycles. The molecule has 2 N–H and O–H groups in total. The van der Waals surface area contributed by atoms with Gasteiger partial charge in [0.1, 0.15) is 11.4 Å². The van der Waals surface area contributed by atoms with E-state index in [4.69, 9.17) is 4.74 Å². The van der Waals surface area contributed by atoms with Crippen LogP contribution in [0.2, 0.25) is 0 Å². The number of ether oxygens (including phenoxy) is 1. The zero-order valence-corrected chi connectivity index (χ0v) is 17.4. The Morgan fingerprint density at radius 1 is 1.34 bits per heavy atom. The smallest absolute Gasteiger partial charge is 0.273 e. The Morgan fingerprint density at radius 2 is 2.16 bits per heavy atom. The van der Waals surface area contributed by atoms with Crippen molar-refractivity contribution in [2.45, 2.75) is 24.9 Å². The molecule has 0 spiro atoms. The Morgan fingerprint density at radius 3 is 2.91 bits per heavy atom. The Balaban J connectivity index is 1.54. The van der Waals surface area contributed by atoms with Gasteiger partial charge in [-0.1, -0.05) is 17.3 Å². The summed E-state index contributed by atoms with van der Waals surface area (Å²) >= 11 is 0. The molecule has 0 bridgehead atoms. The normalized spacial score (nSPS) is 17.4. The fourth-order valence-corrected chi connectivity index (χ4v) is 3.65. The SMILES string of the molecule is CNC(=O)c1cn(C[C@@H]2CC(F)(F)CN2C(=O)c2cc(-c3cccc(OC)c3)n[nH]2)nn1. The van der Waals surface area contributed by atoms with Gasteiger partial charge in [0.05, 0.1) is 38.1 Å². The maximum absolute atomic E-state index is 14.2. The molecule has 0 aliphatic carbocycles. The van der Waals surface area contributed by atoms with E-state index in [9.17, 15) is 18.4 Å². The number of rotatable bonds is 6. The zero-order valence-electron chi connectivity index (χ0n) is 17.4. The number of carbonyl (C=O) groups excluding carboxylic acids is 2. The van der Waals surface area contributed by atoms with E-state index >= 15 is 0 Å². The summed E-state index contributed by atoms with van der Waals surface area (Å²) in [7, 11) is 2.99. The number of benzene rings is 1. The highest BCUT2D eigenvalue weighted by Crippen LogP contribution is 2.34. The van der Waals surface area contributed by atoms with Crippen LogP contribution in [-0.4, -0.2) is 74.6 Å². The quantitative estimate of drug-likeness (QED) is 0.595. The minimum Gasteiger partial charge on any atom is -0.497 e. The lowest BCUT2D eigenvalue weighted by atomic mass is 10.1. The third-order valence-electron chi connectivity index (χ3n) is 5.21. The van der Waals surface area contributed by atoms with Gasteiger partial charge in [-0.25, -0.2) is 13.5 Å². The lowest BCUT2D eigenvalue weighted by molar-refractivity contribution is 0.0116. The molecule has 1 aliphatic heterocycles. The molecule has 3 aromatic rings. The standard InChI is InChI=1S/C20H21F2N7O3/c1-23-18(30)17-10-28(27-26-17)9-13-8-20(21,22)11-29(13)19(31)16-7-15(24-25-16)12-4-3-5-14(6-12)32-2/h3-7,10,13H,8-9,11H2,1-2H3,(H,23,30)(H,24,25)/t13-/m0/s1. The van der Waals surface area contributed by atoms with E-state index in [0.29, 0.717) is 17.0 Å². The molecule has 0 radical (unpaired) electrons. The number of aromatic amines is 1. The zero-order chi connectivity index (χ0) is 22.9.